The number of nitrogen functional groups attached to an aromatic ring is 1. The van der Waals surface area contributed by atoms with Gasteiger partial charge < -0.3 is 10.3 Å². The zero-order chi connectivity index (χ0) is 9.71. The number of imidazole rings is 1. The standard InChI is InChI=1S/C11H13N3/c1-14-10-8(12)3-2-4-9(10)13-11(14)7-5-6-7/h2-4,7H,5-6,12H2,1H3. The summed E-state index contributed by atoms with van der Waals surface area (Å²) >= 11 is 0. The lowest BCUT2D eigenvalue weighted by molar-refractivity contribution is 0.820. The summed E-state index contributed by atoms with van der Waals surface area (Å²) in [5, 5.41) is 0. The number of fused-ring (bicyclic) bond motifs is 1. The second kappa shape index (κ2) is 2.50. The highest BCUT2D eigenvalue weighted by Crippen LogP contribution is 2.40. The summed E-state index contributed by atoms with van der Waals surface area (Å²) in [6.45, 7) is 0. The average molecular weight is 187 g/mol. The minimum absolute atomic E-state index is 0.673. The number of nitrogens with two attached hydrogens (primary N) is 1. The first-order chi connectivity index (χ1) is 6.77. The fourth-order valence-corrected chi connectivity index (χ4v) is 2.02. The van der Waals surface area contributed by atoms with E-state index in [9.17, 15) is 0 Å². The largest absolute Gasteiger partial charge is 0.397 e. The van der Waals surface area contributed by atoms with Gasteiger partial charge in [-0.05, 0) is 25.0 Å². The van der Waals surface area contributed by atoms with E-state index in [4.69, 9.17) is 5.73 Å². The first-order valence-electron chi connectivity index (χ1n) is 4.98. The predicted molar refractivity (Wildman–Crippen MR) is 57.1 cm³/mol. The number of hydrogen-bond acceptors (Lipinski definition) is 2. The van der Waals surface area contributed by atoms with Crippen LogP contribution >= 0.6 is 0 Å². The summed E-state index contributed by atoms with van der Waals surface area (Å²) in [5.41, 5.74) is 8.85. The maximum atomic E-state index is 5.93. The topological polar surface area (TPSA) is 43.8 Å². The molecule has 0 unspecified atom stereocenters. The van der Waals surface area contributed by atoms with E-state index in [1.165, 1.54) is 18.7 Å². The zero-order valence-corrected chi connectivity index (χ0v) is 8.20. The monoisotopic (exact) mass is 187 g/mol. The summed E-state index contributed by atoms with van der Waals surface area (Å²) in [5.74, 6) is 1.87. The van der Waals surface area contributed by atoms with Gasteiger partial charge in [0.2, 0.25) is 0 Å². The molecule has 1 aliphatic rings. The van der Waals surface area contributed by atoms with Crippen molar-refractivity contribution in [3.05, 3.63) is 24.0 Å². The molecule has 0 saturated heterocycles. The molecule has 0 aliphatic heterocycles. The quantitative estimate of drug-likeness (QED) is 0.694. The van der Waals surface area contributed by atoms with Crippen LogP contribution in [0.5, 0.6) is 0 Å². The molecule has 2 N–H and O–H groups in total. The molecule has 72 valence electrons. The molecule has 1 fully saturated rings. The van der Waals surface area contributed by atoms with Gasteiger partial charge in [-0.15, -0.1) is 0 Å². The second-order valence-electron chi connectivity index (χ2n) is 4.02. The lowest BCUT2D eigenvalue weighted by Gasteiger charge is -2.01. The molecule has 2 aromatic rings. The lowest BCUT2D eigenvalue weighted by Crippen LogP contribution is -1.97. The third kappa shape index (κ3) is 0.953. The fourth-order valence-electron chi connectivity index (χ4n) is 2.02. The predicted octanol–water partition coefficient (Wildman–Crippen LogP) is 2.03. The first-order valence-corrected chi connectivity index (χ1v) is 4.98. The Morgan fingerprint density at radius 1 is 1.43 bits per heavy atom. The van der Waals surface area contributed by atoms with E-state index in [0.29, 0.717) is 5.92 Å². The Hall–Kier alpha value is -1.51. The molecule has 3 nitrogen and oxygen atoms in total. The van der Waals surface area contributed by atoms with Crippen LogP contribution in [-0.2, 0) is 7.05 Å². The summed E-state index contributed by atoms with van der Waals surface area (Å²) in [4.78, 5) is 4.62. The maximum absolute atomic E-state index is 5.93. The van der Waals surface area contributed by atoms with E-state index < -0.39 is 0 Å². The normalized spacial score (nSPS) is 16.4. The number of anilines is 1. The molecule has 0 spiro atoms. The third-order valence-corrected chi connectivity index (χ3v) is 2.90. The Balaban J connectivity index is 2.34. The molecule has 14 heavy (non-hydrogen) atoms. The zero-order valence-electron chi connectivity index (χ0n) is 8.20. The van der Waals surface area contributed by atoms with Gasteiger partial charge in [-0.1, -0.05) is 6.07 Å². The molecule has 3 heteroatoms. The van der Waals surface area contributed by atoms with Crippen LogP contribution in [0.1, 0.15) is 24.6 Å². The van der Waals surface area contributed by atoms with E-state index in [1.807, 2.05) is 18.2 Å². The van der Waals surface area contributed by atoms with E-state index >= 15 is 0 Å². The number of nitrogens with zero attached hydrogens (tertiary/aromatic N) is 2. The molecule has 1 heterocycles. The average Bonchev–Trinajstić information content (AvgIpc) is 2.93. The van der Waals surface area contributed by atoms with Gasteiger partial charge in [0.1, 0.15) is 5.82 Å². The van der Waals surface area contributed by atoms with Crippen molar-refractivity contribution < 1.29 is 0 Å². The van der Waals surface area contributed by atoms with Gasteiger partial charge in [0, 0.05) is 13.0 Å². The maximum Gasteiger partial charge on any atom is 0.112 e. The van der Waals surface area contributed by atoms with Gasteiger partial charge in [0.05, 0.1) is 16.7 Å². The van der Waals surface area contributed by atoms with E-state index in [0.717, 1.165) is 16.7 Å². The van der Waals surface area contributed by atoms with E-state index in [-0.39, 0.29) is 0 Å². The SMILES string of the molecule is Cn1c(C2CC2)nc2cccc(N)c21. The van der Waals surface area contributed by atoms with Crippen LogP contribution in [0.25, 0.3) is 11.0 Å². The minimum Gasteiger partial charge on any atom is -0.397 e. The Labute approximate surface area is 82.5 Å². The molecule has 1 aromatic carbocycles. The van der Waals surface area contributed by atoms with Crippen LogP contribution in [0, 0.1) is 0 Å². The van der Waals surface area contributed by atoms with Crippen LogP contribution in [0.2, 0.25) is 0 Å². The summed E-state index contributed by atoms with van der Waals surface area (Å²) in [7, 11) is 2.05. The third-order valence-electron chi connectivity index (χ3n) is 2.90. The Morgan fingerprint density at radius 2 is 2.21 bits per heavy atom. The summed E-state index contributed by atoms with van der Waals surface area (Å²) < 4.78 is 2.14. The molecule has 1 aliphatic carbocycles. The molecule has 3 rings (SSSR count). The number of benzene rings is 1. The van der Waals surface area contributed by atoms with Crippen LogP contribution in [0.3, 0.4) is 0 Å². The molecule has 0 amide bonds. The smallest absolute Gasteiger partial charge is 0.112 e. The number of para-hydroxylation sites is 1. The lowest BCUT2D eigenvalue weighted by atomic mass is 10.3. The van der Waals surface area contributed by atoms with Gasteiger partial charge in [-0.2, -0.15) is 0 Å². The number of aryl methyl sites for hydroxylation is 1. The minimum atomic E-state index is 0.673. The fraction of sp³-hybridized carbons (Fsp3) is 0.364. The van der Waals surface area contributed by atoms with Crippen LogP contribution in [0.15, 0.2) is 18.2 Å². The molecule has 0 atom stereocenters. The highest BCUT2D eigenvalue weighted by molar-refractivity contribution is 5.87. The molecule has 0 bridgehead atoms. The Kier molecular flexibility index (Phi) is 1.40. The molecular formula is C11H13N3. The van der Waals surface area contributed by atoms with Crippen molar-refractivity contribution in [1.29, 1.82) is 0 Å². The van der Waals surface area contributed by atoms with Crippen molar-refractivity contribution >= 4 is 16.7 Å². The van der Waals surface area contributed by atoms with Gasteiger partial charge in [-0.3, -0.25) is 0 Å². The van der Waals surface area contributed by atoms with Crippen molar-refractivity contribution in [3.63, 3.8) is 0 Å². The molecular weight excluding hydrogens is 174 g/mol. The Morgan fingerprint density at radius 3 is 2.86 bits per heavy atom. The molecule has 0 radical (unpaired) electrons. The highest BCUT2D eigenvalue weighted by Gasteiger charge is 2.28. The van der Waals surface area contributed by atoms with Crippen molar-refractivity contribution in [3.8, 4) is 0 Å². The second-order valence-corrected chi connectivity index (χ2v) is 4.02. The van der Waals surface area contributed by atoms with Gasteiger partial charge >= 0.3 is 0 Å². The van der Waals surface area contributed by atoms with Crippen LogP contribution in [0.4, 0.5) is 5.69 Å². The van der Waals surface area contributed by atoms with Crippen LogP contribution in [-0.4, -0.2) is 9.55 Å². The van der Waals surface area contributed by atoms with Gasteiger partial charge in [0.15, 0.2) is 0 Å². The van der Waals surface area contributed by atoms with Crippen molar-refractivity contribution in [2.75, 3.05) is 5.73 Å². The Bertz CT molecular complexity index is 494. The van der Waals surface area contributed by atoms with Crippen molar-refractivity contribution in [1.82, 2.24) is 9.55 Å². The van der Waals surface area contributed by atoms with E-state index in [2.05, 4.69) is 16.6 Å². The highest BCUT2D eigenvalue weighted by atomic mass is 15.1. The summed E-state index contributed by atoms with van der Waals surface area (Å²) in [6.07, 6.45) is 2.55. The van der Waals surface area contributed by atoms with Gasteiger partial charge in [-0.25, -0.2) is 4.98 Å². The first kappa shape index (κ1) is 7.85. The number of aromatic nitrogens is 2. The van der Waals surface area contributed by atoms with Crippen molar-refractivity contribution in [2.45, 2.75) is 18.8 Å². The van der Waals surface area contributed by atoms with Crippen molar-refractivity contribution in [2.24, 2.45) is 7.05 Å². The molecule has 1 saturated carbocycles. The number of hydrogen-bond donors (Lipinski definition) is 1. The molecule has 1 aromatic heterocycles. The van der Waals surface area contributed by atoms with Crippen LogP contribution < -0.4 is 5.73 Å². The van der Waals surface area contributed by atoms with E-state index in [1.54, 1.807) is 0 Å². The summed E-state index contributed by atoms with van der Waals surface area (Å²) in [6, 6.07) is 5.92. The van der Waals surface area contributed by atoms with Gasteiger partial charge in [0.25, 0.3) is 0 Å². The number of rotatable bonds is 1.